The van der Waals surface area contributed by atoms with Crippen LogP contribution in [0.15, 0.2) is 34.7 Å². The van der Waals surface area contributed by atoms with E-state index >= 15 is 0 Å². The molecule has 2 nitrogen and oxygen atoms in total. The van der Waals surface area contributed by atoms with Crippen molar-refractivity contribution in [3.05, 3.63) is 52.4 Å². The fourth-order valence-electron chi connectivity index (χ4n) is 2.23. The molecule has 0 fully saturated rings. The first-order valence-electron chi connectivity index (χ1n) is 5.82. The lowest BCUT2D eigenvalue weighted by molar-refractivity contribution is 0.254. The minimum Gasteiger partial charge on any atom is -0.490 e. The monoisotopic (exact) mass is 326 g/mol. The summed E-state index contributed by atoms with van der Waals surface area (Å²) in [6.07, 6.45) is 1.23. The van der Waals surface area contributed by atoms with Gasteiger partial charge in [0, 0.05) is 6.42 Å². The van der Waals surface area contributed by atoms with E-state index in [9.17, 15) is 0 Å². The van der Waals surface area contributed by atoms with Gasteiger partial charge in [-0.25, -0.2) is 0 Å². The second-order valence-electron chi connectivity index (χ2n) is 4.50. The van der Waals surface area contributed by atoms with Gasteiger partial charge in [-0.3, -0.25) is 0 Å². The van der Waals surface area contributed by atoms with Crippen LogP contribution in [-0.2, 0) is 6.42 Å². The molecule has 0 amide bonds. The van der Waals surface area contributed by atoms with Crippen LogP contribution in [0.5, 0.6) is 5.75 Å². The predicted molar refractivity (Wildman–Crippen MR) is 74.7 cm³/mol. The molecule has 0 saturated carbocycles. The molecule has 0 saturated heterocycles. The highest BCUT2D eigenvalue weighted by Crippen LogP contribution is 2.37. The van der Waals surface area contributed by atoms with Crippen molar-refractivity contribution in [3.63, 3.8) is 0 Å². The van der Waals surface area contributed by atoms with Gasteiger partial charge in [0.2, 0.25) is 0 Å². The molecular formula is C14H12BrClO2. The Bertz CT molecular complexity index is 579. The maximum absolute atomic E-state index is 5.80. The van der Waals surface area contributed by atoms with Gasteiger partial charge in [0.15, 0.2) is 5.22 Å². The molecule has 1 aliphatic rings. The number of hydrogen-bond donors (Lipinski definition) is 0. The minimum atomic E-state index is 0.0196. The standard InChI is InChI=1S/C14H12BrClO2/c1-8-6-10-7-9(2-3-11(10)17-8)14(15)12-4-5-13(16)18-12/h2-5,7-8,14H,6H2,1H3. The second kappa shape index (κ2) is 4.63. The van der Waals surface area contributed by atoms with Crippen molar-refractivity contribution in [1.82, 2.24) is 0 Å². The Kier molecular flexibility index (Phi) is 3.12. The SMILES string of the molecule is CC1Cc2cc(C(Br)c3ccc(Cl)o3)ccc2O1. The number of ether oxygens (including phenoxy) is 1. The first-order chi connectivity index (χ1) is 8.63. The van der Waals surface area contributed by atoms with Crippen molar-refractivity contribution >= 4 is 27.5 Å². The Morgan fingerprint density at radius 2 is 2.17 bits per heavy atom. The molecule has 18 heavy (non-hydrogen) atoms. The number of fused-ring (bicyclic) bond motifs is 1. The zero-order valence-electron chi connectivity index (χ0n) is 9.82. The smallest absolute Gasteiger partial charge is 0.193 e. The first kappa shape index (κ1) is 12.1. The largest absolute Gasteiger partial charge is 0.490 e. The summed E-state index contributed by atoms with van der Waals surface area (Å²) in [4.78, 5) is 0.0196. The third-order valence-electron chi connectivity index (χ3n) is 3.06. The van der Waals surface area contributed by atoms with Gasteiger partial charge in [0.25, 0.3) is 0 Å². The summed E-state index contributed by atoms with van der Waals surface area (Å²) in [5.74, 6) is 1.80. The molecular weight excluding hydrogens is 316 g/mol. The van der Waals surface area contributed by atoms with Gasteiger partial charge in [0.05, 0.1) is 4.83 Å². The predicted octanol–water partition coefficient (Wildman–Crippen LogP) is 4.74. The Hall–Kier alpha value is -0.930. The van der Waals surface area contributed by atoms with Gasteiger partial charge in [-0.1, -0.05) is 28.1 Å². The summed E-state index contributed by atoms with van der Waals surface area (Å²) in [5.41, 5.74) is 2.40. The second-order valence-corrected chi connectivity index (χ2v) is 5.79. The molecule has 2 atom stereocenters. The van der Waals surface area contributed by atoms with Crippen molar-refractivity contribution in [1.29, 1.82) is 0 Å². The topological polar surface area (TPSA) is 22.4 Å². The lowest BCUT2D eigenvalue weighted by Crippen LogP contribution is -2.05. The Balaban J connectivity index is 1.91. The van der Waals surface area contributed by atoms with Crippen LogP contribution in [0.4, 0.5) is 0 Å². The zero-order valence-corrected chi connectivity index (χ0v) is 12.2. The van der Waals surface area contributed by atoms with Gasteiger partial charge in [0.1, 0.15) is 17.6 Å². The average molecular weight is 328 g/mol. The van der Waals surface area contributed by atoms with E-state index in [1.54, 1.807) is 6.07 Å². The Labute approximate surface area is 119 Å². The first-order valence-corrected chi connectivity index (χ1v) is 7.11. The minimum absolute atomic E-state index is 0.0196. The van der Waals surface area contributed by atoms with E-state index in [0.29, 0.717) is 5.22 Å². The van der Waals surface area contributed by atoms with E-state index in [-0.39, 0.29) is 10.9 Å². The molecule has 0 bridgehead atoms. The van der Waals surface area contributed by atoms with Crippen molar-refractivity contribution in [2.75, 3.05) is 0 Å². The fourth-order valence-corrected chi connectivity index (χ4v) is 2.91. The van der Waals surface area contributed by atoms with Crippen LogP contribution in [0, 0.1) is 0 Å². The van der Waals surface area contributed by atoms with Gasteiger partial charge in [-0.05, 0) is 47.9 Å². The molecule has 0 aliphatic carbocycles. The molecule has 2 heterocycles. The maximum Gasteiger partial charge on any atom is 0.193 e. The molecule has 1 aromatic carbocycles. The quantitative estimate of drug-likeness (QED) is 0.743. The third-order valence-corrected chi connectivity index (χ3v) is 4.24. The van der Waals surface area contributed by atoms with Crippen molar-refractivity contribution in [2.45, 2.75) is 24.3 Å². The van der Waals surface area contributed by atoms with E-state index < -0.39 is 0 Å². The molecule has 0 radical (unpaired) electrons. The molecule has 94 valence electrons. The van der Waals surface area contributed by atoms with Crippen LogP contribution < -0.4 is 4.74 Å². The lowest BCUT2D eigenvalue weighted by atomic mass is 10.0. The Morgan fingerprint density at radius 3 is 2.89 bits per heavy atom. The Morgan fingerprint density at radius 1 is 1.33 bits per heavy atom. The molecule has 2 aromatic rings. The number of benzene rings is 1. The van der Waals surface area contributed by atoms with Crippen molar-refractivity contribution in [2.24, 2.45) is 0 Å². The van der Waals surface area contributed by atoms with E-state index in [1.165, 1.54) is 5.56 Å². The van der Waals surface area contributed by atoms with Crippen LogP contribution in [0.2, 0.25) is 5.22 Å². The summed E-state index contributed by atoms with van der Waals surface area (Å²) in [6, 6.07) is 9.87. The molecule has 2 unspecified atom stereocenters. The van der Waals surface area contributed by atoms with Gasteiger partial charge in [-0.15, -0.1) is 0 Å². The van der Waals surface area contributed by atoms with Gasteiger partial charge < -0.3 is 9.15 Å². The summed E-state index contributed by atoms with van der Waals surface area (Å²) in [7, 11) is 0. The number of alkyl halides is 1. The lowest BCUT2D eigenvalue weighted by Gasteiger charge is -2.08. The highest BCUT2D eigenvalue weighted by molar-refractivity contribution is 9.09. The summed E-state index contributed by atoms with van der Waals surface area (Å²) in [5, 5.41) is 0.410. The zero-order chi connectivity index (χ0) is 12.7. The van der Waals surface area contributed by atoms with E-state index in [2.05, 4.69) is 28.9 Å². The molecule has 0 N–H and O–H groups in total. The van der Waals surface area contributed by atoms with Crippen molar-refractivity contribution in [3.8, 4) is 5.75 Å². The molecule has 1 aromatic heterocycles. The van der Waals surface area contributed by atoms with Crippen molar-refractivity contribution < 1.29 is 9.15 Å². The normalized spacial score (nSPS) is 19.4. The van der Waals surface area contributed by atoms with E-state index in [0.717, 1.165) is 23.5 Å². The molecule has 4 heteroatoms. The number of halogens is 2. The maximum atomic E-state index is 5.80. The molecule has 0 spiro atoms. The number of furan rings is 1. The molecule has 1 aliphatic heterocycles. The third kappa shape index (κ3) is 2.17. The van der Waals surface area contributed by atoms with Crippen LogP contribution in [0.1, 0.15) is 28.6 Å². The summed E-state index contributed by atoms with van der Waals surface area (Å²) < 4.78 is 11.1. The highest BCUT2D eigenvalue weighted by Gasteiger charge is 2.22. The summed E-state index contributed by atoms with van der Waals surface area (Å²) in [6.45, 7) is 2.08. The highest BCUT2D eigenvalue weighted by atomic mass is 79.9. The number of hydrogen-bond acceptors (Lipinski definition) is 2. The van der Waals surface area contributed by atoms with Crippen LogP contribution >= 0.6 is 27.5 Å². The van der Waals surface area contributed by atoms with Crippen LogP contribution in [0.3, 0.4) is 0 Å². The van der Waals surface area contributed by atoms with E-state index in [4.69, 9.17) is 20.8 Å². The van der Waals surface area contributed by atoms with E-state index in [1.807, 2.05) is 18.2 Å². The fraction of sp³-hybridized carbons (Fsp3) is 0.286. The molecule has 3 rings (SSSR count). The summed E-state index contributed by atoms with van der Waals surface area (Å²) >= 11 is 9.43. The van der Waals surface area contributed by atoms with Gasteiger partial charge >= 0.3 is 0 Å². The van der Waals surface area contributed by atoms with Crippen LogP contribution in [-0.4, -0.2) is 6.10 Å². The van der Waals surface area contributed by atoms with Crippen LogP contribution in [0.25, 0.3) is 0 Å². The van der Waals surface area contributed by atoms with Gasteiger partial charge in [-0.2, -0.15) is 0 Å². The number of rotatable bonds is 2. The average Bonchev–Trinajstić information content (AvgIpc) is 2.92.